The van der Waals surface area contributed by atoms with E-state index in [0.717, 1.165) is 28.7 Å². The number of carbonyl (C=O) groups is 1. The highest BCUT2D eigenvalue weighted by atomic mass is 79.9. The van der Waals surface area contributed by atoms with E-state index in [2.05, 4.69) is 38.7 Å². The zero-order valence-corrected chi connectivity index (χ0v) is 13.4. The van der Waals surface area contributed by atoms with E-state index in [1.54, 1.807) is 0 Å². The Bertz CT molecular complexity index is 664. The van der Waals surface area contributed by atoms with Crippen LogP contribution >= 0.6 is 15.9 Å². The highest BCUT2D eigenvalue weighted by molar-refractivity contribution is 9.10. The fourth-order valence-corrected chi connectivity index (χ4v) is 3.29. The number of rotatable bonds is 2. The number of aryl methyl sites for hydroxylation is 1. The molecule has 0 spiro atoms. The highest BCUT2D eigenvalue weighted by Gasteiger charge is 2.23. The molecule has 2 aromatic rings. The van der Waals surface area contributed by atoms with Crippen LogP contribution in [0.15, 0.2) is 46.9 Å². The van der Waals surface area contributed by atoms with Gasteiger partial charge in [-0.05, 0) is 48.2 Å². The Morgan fingerprint density at radius 2 is 2.00 bits per heavy atom. The first-order chi connectivity index (χ1) is 10.1. The monoisotopic (exact) mass is 344 g/mol. The predicted molar refractivity (Wildman–Crippen MR) is 88.3 cm³/mol. The predicted octanol–water partition coefficient (Wildman–Crippen LogP) is 3.41. The van der Waals surface area contributed by atoms with Crippen molar-refractivity contribution in [1.82, 2.24) is 5.32 Å². The van der Waals surface area contributed by atoms with Gasteiger partial charge in [0.25, 0.3) is 0 Å². The van der Waals surface area contributed by atoms with E-state index in [1.165, 1.54) is 11.1 Å². The molecule has 1 unspecified atom stereocenters. The second kappa shape index (κ2) is 6.00. The average molecular weight is 345 g/mol. The van der Waals surface area contributed by atoms with Crippen LogP contribution in [0.5, 0.6) is 0 Å². The van der Waals surface area contributed by atoms with E-state index in [1.807, 2.05) is 37.3 Å². The van der Waals surface area contributed by atoms with Crippen molar-refractivity contribution >= 4 is 27.5 Å². The summed E-state index contributed by atoms with van der Waals surface area (Å²) in [5.74, 6) is 0.0157. The van der Waals surface area contributed by atoms with Gasteiger partial charge in [-0.2, -0.15) is 0 Å². The summed E-state index contributed by atoms with van der Waals surface area (Å²) in [5, 5.41) is 6.29. The van der Waals surface area contributed by atoms with E-state index < -0.39 is 0 Å². The Morgan fingerprint density at radius 3 is 2.76 bits per heavy atom. The Balaban J connectivity index is 1.72. The molecule has 1 aliphatic rings. The van der Waals surface area contributed by atoms with Crippen LogP contribution in [0.3, 0.4) is 0 Å². The fourth-order valence-electron chi connectivity index (χ4n) is 2.68. The van der Waals surface area contributed by atoms with Gasteiger partial charge in [0, 0.05) is 16.7 Å². The lowest BCUT2D eigenvalue weighted by atomic mass is 9.95. The van der Waals surface area contributed by atoms with Crippen molar-refractivity contribution < 1.29 is 4.79 Å². The van der Waals surface area contributed by atoms with Crippen molar-refractivity contribution in [3.8, 4) is 0 Å². The molecular formula is C17H17BrN2O. The highest BCUT2D eigenvalue weighted by Crippen LogP contribution is 2.21. The molecule has 0 fully saturated rings. The maximum atomic E-state index is 12.4. The summed E-state index contributed by atoms with van der Waals surface area (Å²) < 4.78 is 0.972. The molecule has 0 saturated heterocycles. The van der Waals surface area contributed by atoms with Gasteiger partial charge in [-0.3, -0.25) is 4.79 Å². The fraction of sp³-hybridized carbons (Fsp3) is 0.235. The van der Waals surface area contributed by atoms with E-state index in [4.69, 9.17) is 0 Å². The zero-order valence-electron chi connectivity index (χ0n) is 11.8. The Labute approximate surface area is 132 Å². The van der Waals surface area contributed by atoms with Crippen LogP contribution in [0.25, 0.3) is 0 Å². The van der Waals surface area contributed by atoms with Gasteiger partial charge in [-0.15, -0.1) is 0 Å². The third kappa shape index (κ3) is 3.34. The van der Waals surface area contributed by atoms with Crippen molar-refractivity contribution in [2.75, 3.05) is 5.32 Å². The Hall–Kier alpha value is -1.65. The maximum Gasteiger partial charge on any atom is 0.241 e. The normalized spacial score (nSPS) is 17.1. The van der Waals surface area contributed by atoms with Crippen LogP contribution in [0.4, 0.5) is 5.69 Å². The van der Waals surface area contributed by atoms with Crippen LogP contribution in [-0.2, 0) is 17.8 Å². The number of nitrogens with one attached hydrogen (secondary N) is 2. The number of halogens is 1. The largest absolute Gasteiger partial charge is 0.325 e. The van der Waals surface area contributed by atoms with Crippen molar-refractivity contribution in [3.63, 3.8) is 0 Å². The van der Waals surface area contributed by atoms with Crippen molar-refractivity contribution in [2.24, 2.45) is 0 Å². The second-order valence-electron chi connectivity index (χ2n) is 5.41. The number of anilines is 1. The summed E-state index contributed by atoms with van der Waals surface area (Å²) in [5.41, 5.74) is 4.47. The molecule has 2 N–H and O–H groups in total. The first kappa shape index (κ1) is 14.3. The van der Waals surface area contributed by atoms with Gasteiger partial charge in [0.2, 0.25) is 5.91 Å². The van der Waals surface area contributed by atoms with Crippen LogP contribution < -0.4 is 10.6 Å². The minimum Gasteiger partial charge on any atom is -0.325 e. The van der Waals surface area contributed by atoms with Gasteiger partial charge in [0.15, 0.2) is 0 Å². The second-order valence-corrected chi connectivity index (χ2v) is 6.33. The molecule has 0 radical (unpaired) electrons. The maximum absolute atomic E-state index is 12.4. The van der Waals surface area contributed by atoms with Crippen molar-refractivity contribution in [3.05, 3.63) is 63.6 Å². The van der Waals surface area contributed by atoms with E-state index in [9.17, 15) is 4.79 Å². The third-order valence-corrected chi connectivity index (χ3v) is 4.17. The zero-order chi connectivity index (χ0) is 14.8. The van der Waals surface area contributed by atoms with Crippen molar-refractivity contribution in [1.29, 1.82) is 0 Å². The summed E-state index contributed by atoms with van der Waals surface area (Å²) in [7, 11) is 0. The molecule has 1 atom stereocenters. The molecule has 21 heavy (non-hydrogen) atoms. The molecule has 1 heterocycles. The van der Waals surface area contributed by atoms with Gasteiger partial charge in [-0.25, -0.2) is 0 Å². The lowest BCUT2D eigenvalue weighted by molar-refractivity contribution is -0.118. The molecule has 0 saturated carbocycles. The average Bonchev–Trinajstić information content (AvgIpc) is 2.45. The SMILES string of the molecule is Cc1cc(Br)cc(NC(=O)C2Cc3ccccc3CN2)c1. The van der Waals surface area contributed by atoms with E-state index >= 15 is 0 Å². The first-order valence-corrected chi connectivity index (χ1v) is 7.79. The molecular weight excluding hydrogens is 328 g/mol. The standard InChI is InChI=1S/C17H17BrN2O/c1-11-6-14(18)9-15(7-11)20-17(21)16-8-12-4-2-3-5-13(12)10-19-16/h2-7,9,16,19H,8,10H2,1H3,(H,20,21). The lowest BCUT2D eigenvalue weighted by Crippen LogP contribution is -2.44. The van der Waals surface area contributed by atoms with Crippen LogP contribution in [0, 0.1) is 6.92 Å². The summed E-state index contributed by atoms with van der Waals surface area (Å²) in [4.78, 5) is 12.4. The third-order valence-electron chi connectivity index (χ3n) is 3.71. The van der Waals surface area contributed by atoms with Crippen LogP contribution in [0.2, 0.25) is 0 Å². The summed E-state index contributed by atoms with van der Waals surface area (Å²) >= 11 is 3.45. The number of carbonyl (C=O) groups excluding carboxylic acids is 1. The molecule has 2 aromatic carbocycles. The van der Waals surface area contributed by atoms with E-state index in [0.29, 0.717) is 0 Å². The molecule has 0 aromatic heterocycles. The molecule has 1 aliphatic heterocycles. The number of hydrogen-bond donors (Lipinski definition) is 2. The van der Waals surface area contributed by atoms with E-state index in [-0.39, 0.29) is 11.9 Å². The number of amides is 1. The van der Waals surface area contributed by atoms with Gasteiger partial charge in [0.1, 0.15) is 0 Å². The molecule has 108 valence electrons. The van der Waals surface area contributed by atoms with Gasteiger partial charge >= 0.3 is 0 Å². The van der Waals surface area contributed by atoms with Gasteiger partial charge in [0.05, 0.1) is 6.04 Å². The number of fused-ring (bicyclic) bond motifs is 1. The Morgan fingerprint density at radius 1 is 1.24 bits per heavy atom. The van der Waals surface area contributed by atoms with Crippen molar-refractivity contribution in [2.45, 2.75) is 25.9 Å². The molecule has 3 rings (SSSR count). The van der Waals surface area contributed by atoms with Crippen LogP contribution in [0.1, 0.15) is 16.7 Å². The quantitative estimate of drug-likeness (QED) is 0.876. The smallest absolute Gasteiger partial charge is 0.241 e. The topological polar surface area (TPSA) is 41.1 Å². The molecule has 0 aliphatic carbocycles. The number of hydrogen-bond acceptors (Lipinski definition) is 2. The number of benzene rings is 2. The van der Waals surface area contributed by atoms with Gasteiger partial charge < -0.3 is 10.6 Å². The van der Waals surface area contributed by atoms with Gasteiger partial charge in [-0.1, -0.05) is 40.2 Å². The minimum atomic E-state index is -0.181. The Kier molecular flexibility index (Phi) is 4.08. The summed E-state index contributed by atoms with van der Waals surface area (Å²) in [6.07, 6.45) is 0.731. The van der Waals surface area contributed by atoms with Crippen LogP contribution in [-0.4, -0.2) is 11.9 Å². The summed E-state index contributed by atoms with van der Waals surface area (Å²) in [6.45, 7) is 2.75. The first-order valence-electron chi connectivity index (χ1n) is 7.00. The molecule has 3 nitrogen and oxygen atoms in total. The minimum absolute atomic E-state index is 0.0157. The molecule has 0 bridgehead atoms. The lowest BCUT2D eigenvalue weighted by Gasteiger charge is -2.25. The molecule has 1 amide bonds. The molecule has 4 heteroatoms. The summed E-state index contributed by atoms with van der Waals surface area (Å²) in [6, 6.07) is 14.0.